The predicted molar refractivity (Wildman–Crippen MR) is 65.6 cm³/mol. The van der Waals surface area contributed by atoms with Gasteiger partial charge in [-0.1, -0.05) is 35.3 Å². The van der Waals surface area contributed by atoms with Gasteiger partial charge in [0.15, 0.2) is 0 Å². The largest absolute Gasteiger partial charge is 0.355 e. The van der Waals surface area contributed by atoms with Gasteiger partial charge in [0.25, 0.3) is 0 Å². The SMILES string of the molecule is Cn1cc(C#N)c(-c2cccc(Cl)c2Cl)c1. The third-order valence-corrected chi connectivity index (χ3v) is 3.14. The van der Waals surface area contributed by atoms with Crippen molar-refractivity contribution in [3.63, 3.8) is 0 Å². The third kappa shape index (κ3) is 1.80. The summed E-state index contributed by atoms with van der Waals surface area (Å²) in [4.78, 5) is 0. The lowest BCUT2D eigenvalue weighted by molar-refractivity contribution is 0.927. The molecule has 0 aliphatic heterocycles. The van der Waals surface area contributed by atoms with E-state index in [0.29, 0.717) is 15.6 Å². The van der Waals surface area contributed by atoms with Crippen LogP contribution >= 0.6 is 23.2 Å². The van der Waals surface area contributed by atoms with Crippen LogP contribution < -0.4 is 0 Å². The van der Waals surface area contributed by atoms with Gasteiger partial charge in [-0.15, -0.1) is 0 Å². The van der Waals surface area contributed by atoms with Crippen molar-refractivity contribution in [1.29, 1.82) is 5.26 Å². The van der Waals surface area contributed by atoms with E-state index in [0.717, 1.165) is 11.1 Å². The van der Waals surface area contributed by atoms with Gasteiger partial charge >= 0.3 is 0 Å². The molecule has 0 radical (unpaired) electrons. The van der Waals surface area contributed by atoms with Crippen molar-refractivity contribution in [2.75, 3.05) is 0 Å². The summed E-state index contributed by atoms with van der Waals surface area (Å²) in [6, 6.07) is 7.53. The minimum Gasteiger partial charge on any atom is -0.355 e. The topological polar surface area (TPSA) is 28.7 Å². The van der Waals surface area contributed by atoms with E-state index in [1.54, 1.807) is 12.3 Å². The second-order valence-electron chi connectivity index (χ2n) is 3.46. The van der Waals surface area contributed by atoms with Crippen LogP contribution in [0.1, 0.15) is 5.56 Å². The number of halogens is 2. The van der Waals surface area contributed by atoms with Crippen molar-refractivity contribution in [2.24, 2.45) is 7.05 Å². The lowest BCUT2D eigenvalue weighted by atomic mass is 10.1. The molecule has 0 spiro atoms. The van der Waals surface area contributed by atoms with E-state index in [2.05, 4.69) is 6.07 Å². The number of nitriles is 1. The fourth-order valence-corrected chi connectivity index (χ4v) is 2.00. The number of nitrogens with zero attached hydrogens (tertiary/aromatic N) is 2. The molecule has 2 aromatic rings. The van der Waals surface area contributed by atoms with Gasteiger partial charge in [0.1, 0.15) is 6.07 Å². The zero-order valence-electron chi connectivity index (χ0n) is 8.54. The molecule has 0 fully saturated rings. The second kappa shape index (κ2) is 4.21. The normalized spacial score (nSPS) is 10.1. The Labute approximate surface area is 104 Å². The summed E-state index contributed by atoms with van der Waals surface area (Å²) in [6.07, 6.45) is 3.61. The van der Waals surface area contributed by atoms with Gasteiger partial charge in [0.2, 0.25) is 0 Å². The molecule has 0 atom stereocenters. The highest BCUT2D eigenvalue weighted by Crippen LogP contribution is 2.35. The molecule has 0 saturated carbocycles. The van der Waals surface area contributed by atoms with Crippen molar-refractivity contribution < 1.29 is 0 Å². The maximum absolute atomic E-state index is 9.01. The molecule has 1 aromatic heterocycles. The molecule has 16 heavy (non-hydrogen) atoms. The fraction of sp³-hybridized carbons (Fsp3) is 0.0833. The molecule has 0 aliphatic rings. The predicted octanol–water partition coefficient (Wildman–Crippen LogP) is 3.87. The highest BCUT2D eigenvalue weighted by atomic mass is 35.5. The zero-order valence-corrected chi connectivity index (χ0v) is 10.0. The first-order valence-corrected chi connectivity index (χ1v) is 5.39. The number of aromatic nitrogens is 1. The van der Waals surface area contributed by atoms with Crippen LogP contribution in [0.25, 0.3) is 11.1 Å². The molecule has 0 unspecified atom stereocenters. The summed E-state index contributed by atoms with van der Waals surface area (Å²) in [7, 11) is 1.86. The summed E-state index contributed by atoms with van der Waals surface area (Å²) >= 11 is 12.1. The smallest absolute Gasteiger partial charge is 0.101 e. The lowest BCUT2D eigenvalue weighted by Gasteiger charge is -2.03. The van der Waals surface area contributed by atoms with Gasteiger partial charge in [-0.2, -0.15) is 5.26 Å². The number of hydrogen-bond acceptors (Lipinski definition) is 1. The molecule has 2 rings (SSSR count). The van der Waals surface area contributed by atoms with Gasteiger partial charge in [0.05, 0.1) is 15.6 Å². The van der Waals surface area contributed by atoms with E-state index in [9.17, 15) is 0 Å². The summed E-state index contributed by atoms with van der Waals surface area (Å²) in [5, 5.41) is 9.98. The van der Waals surface area contributed by atoms with Crippen LogP contribution in [-0.4, -0.2) is 4.57 Å². The van der Waals surface area contributed by atoms with Crippen LogP contribution in [0.5, 0.6) is 0 Å². The van der Waals surface area contributed by atoms with Gasteiger partial charge in [-0.25, -0.2) is 0 Å². The van der Waals surface area contributed by atoms with E-state index in [1.165, 1.54) is 0 Å². The molecule has 0 saturated heterocycles. The Kier molecular flexibility index (Phi) is 2.91. The quantitative estimate of drug-likeness (QED) is 0.756. The molecule has 0 N–H and O–H groups in total. The number of hydrogen-bond donors (Lipinski definition) is 0. The molecule has 80 valence electrons. The Morgan fingerprint density at radius 2 is 1.94 bits per heavy atom. The number of aryl methyl sites for hydroxylation is 1. The van der Waals surface area contributed by atoms with Crippen molar-refractivity contribution in [3.05, 3.63) is 46.2 Å². The van der Waals surface area contributed by atoms with Crippen LogP contribution in [0.3, 0.4) is 0 Å². The minimum absolute atomic E-state index is 0.479. The molecule has 1 aromatic carbocycles. The lowest BCUT2D eigenvalue weighted by Crippen LogP contribution is -1.81. The molecule has 0 amide bonds. The highest BCUT2D eigenvalue weighted by molar-refractivity contribution is 6.43. The molecule has 1 heterocycles. The average Bonchev–Trinajstić information content (AvgIpc) is 2.63. The fourth-order valence-electron chi connectivity index (χ4n) is 1.60. The van der Waals surface area contributed by atoms with Gasteiger partial charge in [0, 0.05) is 30.6 Å². The molecule has 2 nitrogen and oxygen atoms in total. The number of rotatable bonds is 1. The van der Waals surface area contributed by atoms with Crippen LogP contribution in [0.2, 0.25) is 10.0 Å². The van der Waals surface area contributed by atoms with Crippen LogP contribution in [0, 0.1) is 11.3 Å². The summed E-state index contributed by atoms with van der Waals surface area (Å²) in [5.74, 6) is 0. The molecule has 0 bridgehead atoms. The van der Waals surface area contributed by atoms with E-state index < -0.39 is 0 Å². The first-order chi connectivity index (χ1) is 7.63. The van der Waals surface area contributed by atoms with E-state index in [4.69, 9.17) is 28.5 Å². The molecule has 4 heteroatoms. The first-order valence-electron chi connectivity index (χ1n) is 4.64. The zero-order chi connectivity index (χ0) is 11.7. The monoisotopic (exact) mass is 250 g/mol. The van der Waals surface area contributed by atoms with Crippen LogP contribution in [-0.2, 0) is 7.05 Å². The van der Waals surface area contributed by atoms with E-state index in [-0.39, 0.29) is 0 Å². The maximum Gasteiger partial charge on any atom is 0.101 e. The summed E-state index contributed by atoms with van der Waals surface area (Å²) in [5.41, 5.74) is 2.18. The minimum atomic E-state index is 0.479. The second-order valence-corrected chi connectivity index (χ2v) is 4.25. The summed E-state index contributed by atoms with van der Waals surface area (Å²) < 4.78 is 1.82. The van der Waals surface area contributed by atoms with Gasteiger partial charge in [-0.05, 0) is 6.07 Å². The molecule has 0 aliphatic carbocycles. The average molecular weight is 251 g/mol. The van der Waals surface area contributed by atoms with E-state index in [1.807, 2.05) is 29.9 Å². The highest BCUT2D eigenvalue weighted by Gasteiger charge is 2.12. The first kappa shape index (κ1) is 11.1. The maximum atomic E-state index is 9.01. The number of benzene rings is 1. The molecular formula is C12H8Cl2N2. The van der Waals surface area contributed by atoms with Gasteiger partial charge in [-0.3, -0.25) is 0 Å². The Morgan fingerprint density at radius 3 is 2.62 bits per heavy atom. The van der Waals surface area contributed by atoms with Crippen molar-refractivity contribution in [2.45, 2.75) is 0 Å². The Morgan fingerprint density at radius 1 is 1.19 bits per heavy atom. The van der Waals surface area contributed by atoms with Crippen molar-refractivity contribution in [3.8, 4) is 17.2 Å². The van der Waals surface area contributed by atoms with Crippen LogP contribution in [0.4, 0.5) is 0 Å². The Balaban J connectivity index is 2.68. The molecular weight excluding hydrogens is 243 g/mol. The Hall–Kier alpha value is -1.43. The van der Waals surface area contributed by atoms with Crippen LogP contribution in [0.15, 0.2) is 30.6 Å². The summed E-state index contributed by atoms with van der Waals surface area (Å²) in [6.45, 7) is 0. The van der Waals surface area contributed by atoms with Gasteiger partial charge < -0.3 is 4.57 Å². The van der Waals surface area contributed by atoms with Crippen molar-refractivity contribution >= 4 is 23.2 Å². The standard InChI is InChI=1S/C12H8Cl2N2/c1-16-6-8(5-15)10(7-16)9-3-2-4-11(13)12(9)14/h2-4,6-7H,1H3. The van der Waals surface area contributed by atoms with E-state index >= 15 is 0 Å². The Bertz CT molecular complexity index is 579. The third-order valence-electron chi connectivity index (χ3n) is 2.32. The van der Waals surface area contributed by atoms with Crippen molar-refractivity contribution in [1.82, 2.24) is 4.57 Å².